The van der Waals surface area contributed by atoms with E-state index < -0.39 is 0 Å². The molecule has 2 heteroatoms. The van der Waals surface area contributed by atoms with Gasteiger partial charge in [0.2, 0.25) is 0 Å². The van der Waals surface area contributed by atoms with Crippen LogP contribution in [0.1, 0.15) is 32.6 Å². The Morgan fingerprint density at radius 2 is 1.77 bits per heavy atom. The highest BCUT2D eigenvalue weighted by Gasteiger charge is 2.26. The Balaban J connectivity index is 1.79. The fourth-order valence-electron chi connectivity index (χ4n) is 2.70. The van der Waals surface area contributed by atoms with Gasteiger partial charge in [-0.15, -0.1) is 0 Å². The number of piperazine rings is 1. The molecule has 1 unspecified atom stereocenters. The van der Waals surface area contributed by atoms with Gasteiger partial charge < -0.3 is 10.6 Å². The zero-order valence-electron chi connectivity index (χ0n) is 8.68. The van der Waals surface area contributed by atoms with Gasteiger partial charge in [-0.2, -0.15) is 0 Å². The van der Waals surface area contributed by atoms with Crippen molar-refractivity contribution in [2.45, 2.75) is 38.6 Å². The number of rotatable bonds is 1. The lowest BCUT2D eigenvalue weighted by Gasteiger charge is -2.35. The molecular formula is C11H22N2. The fraction of sp³-hybridized carbons (Fsp3) is 1.00. The smallest absolute Gasteiger partial charge is 0.0221 e. The molecule has 0 aromatic carbocycles. The van der Waals surface area contributed by atoms with Crippen LogP contribution in [0.4, 0.5) is 0 Å². The summed E-state index contributed by atoms with van der Waals surface area (Å²) in [5, 5.41) is 7.12. The van der Waals surface area contributed by atoms with Gasteiger partial charge in [-0.1, -0.05) is 19.8 Å². The molecule has 0 amide bonds. The summed E-state index contributed by atoms with van der Waals surface area (Å²) in [6, 6.07) is 0.765. The highest BCUT2D eigenvalue weighted by Crippen LogP contribution is 2.30. The molecule has 2 nitrogen and oxygen atoms in total. The maximum atomic E-state index is 3.64. The van der Waals surface area contributed by atoms with Gasteiger partial charge in [-0.3, -0.25) is 0 Å². The van der Waals surface area contributed by atoms with Crippen LogP contribution in [0.15, 0.2) is 0 Å². The van der Waals surface area contributed by atoms with Crippen molar-refractivity contribution in [2.24, 2.45) is 11.8 Å². The molecule has 1 atom stereocenters. The minimum Gasteiger partial charge on any atom is -0.314 e. The second kappa shape index (κ2) is 4.43. The van der Waals surface area contributed by atoms with E-state index >= 15 is 0 Å². The predicted molar refractivity (Wildman–Crippen MR) is 55.8 cm³/mol. The minimum absolute atomic E-state index is 0.765. The Kier molecular flexibility index (Phi) is 3.23. The van der Waals surface area contributed by atoms with Crippen molar-refractivity contribution < 1.29 is 0 Å². The molecule has 13 heavy (non-hydrogen) atoms. The molecule has 1 saturated carbocycles. The summed E-state index contributed by atoms with van der Waals surface area (Å²) in [5.74, 6) is 1.93. The van der Waals surface area contributed by atoms with E-state index in [-0.39, 0.29) is 0 Å². The monoisotopic (exact) mass is 182 g/mol. The summed E-state index contributed by atoms with van der Waals surface area (Å²) in [6.45, 7) is 5.90. The Morgan fingerprint density at radius 1 is 1.00 bits per heavy atom. The normalized spacial score (nSPS) is 41.8. The van der Waals surface area contributed by atoms with Crippen LogP contribution in [-0.2, 0) is 0 Å². The van der Waals surface area contributed by atoms with Crippen LogP contribution in [0.5, 0.6) is 0 Å². The summed E-state index contributed by atoms with van der Waals surface area (Å²) in [6.07, 6.45) is 5.78. The van der Waals surface area contributed by atoms with E-state index in [1.807, 2.05) is 0 Å². The molecule has 1 aliphatic heterocycles. The molecule has 2 fully saturated rings. The van der Waals surface area contributed by atoms with Crippen LogP contribution in [0, 0.1) is 11.8 Å². The number of nitrogens with one attached hydrogen (secondary N) is 2. The second-order valence-electron chi connectivity index (χ2n) is 4.78. The molecule has 2 N–H and O–H groups in total. The lowest BCUT2D eigenvalue weighted by atomic mass is 9.79. The zero-order valence-corrected chi connectivity index (χ0v) is 8.68. The quantitative estimate of drug-likeness (QED) is 0.640. The Bertz CT molecular complexity index is 144. The Hall–Kier alpha value is -0.0800. The van der Waals surface area contributed by atoms with E-state index in [9.17, 15) is 0 Å². The molecule has 1 aliphatic carbocycles. The molecular weight excluding hydrogens is 160 g/mol. The van der Waals surface area contributed by atoms with Gasteiger partial charge in [-0.05, 0) is 24.7 Å². The van der Waals surface area contributed by atoms with Crippen LogP contribution in [0.3, 0.4) is 0 Å². The van der Waals surface area contributed by atoms with Crippen molar-refractivity contribution in [3.05, 3.63) is 0 Å². The number of hydrogen-bond acceptors (Lipinski definition) is 2. The van der Waals surface area contributed by atoms with Crippen LogP contribution in [0.25, 0.3) is 0 Å². The Morgan fingerprint density at radius 3 is 2.38 bits per heavy atom. The van der Waals surface area contributed by atoms with Crippen molar-refractivity contribution in [1.82, 2.24) is 10.6 Å². The minimum atomic E-state index is 0.765. The molecule has 0 radical (unpaired) electrons. The van der Waals surface area contributed by atoms with E-state index in [2.05, 4.69) is 17.6 Å². The second-order valence-corrected chi connectivity index (χ2v) is 4.78. The van der Waals surface area contributed by atoms with Crippen LogP contribution >= 0.6 is 0 Å². The average Bonchev–Trinajstić information content (AvgIpc) is 2.20. The van der Waals surface area contributed by atoms with Gasteiger partial charge in [-0.25, -0.2) is 0 Å². The van der Waals surface area contributed by atoms with E-state index in [0.717, 1.165) is 31.0 Å². The summed E-state index contributed by atoms with van der Waals surface area (Å²) in [4.78, 5) is 0. The summed E-state index contributed by atoms with van der Waals surface area (Å²) < 4.78 is 0. The zero-order chi connectivity index (χ0) is 9.10. The van der Waals surface area contributed by atoms with Crippen LogP contribution < -0.4 is 10.6 Å². The van der Waals surface area contributed by atoms with Gasteiger partial charge >= 0.3 is 0 Å². The van der Waals surface area contributed by atoms with E-state index in [0.29, 0.717) is 0 Å². The first-order valence-electron chi connectivity index (χ1n) is 5.80. The fourth-order valence-corrected chi connectivity index (χ4v) is 2.70. The molecule has 0 bridgehead atoms. The molecule has 1 heterocycles. The van der Waals surface area contributed by atoms with Crippen molar-refractivity contribution in [2.75, 3.05) is 19.6 Å². The molecule has 1 saturated heterocycles. The first-order chi connectivity index (χ1) is 6.36. The highest BCUT2D eigenvalue weighted by molar-refractivity contribution is 4.85. The maximum absolute atomic E-state index is 3.64. The molecule has 0 aromatic heterocycles. The van der Waals surface area contributed by atoms with E-state index in [4.69, 9.17) is 0 Å². The van der Waals surface area contributed by atoms with E-state index in [1.165, 1.54) is 32.2 Å². The summed E-state index contributed by atoms with van der Waals surface area (Å²) in [5.41, 5.74) is 0. The van der Waals surface area contributed by atoms with Gasteiger partial charge in [0, 0.05) is 25.7 Å². The average molecular weight is 182 g/mol. The third kappa shape index (κ3) is 2.44. The maximum Gasteiger partial charge on any atom is 0.0221 e. The lowest BCUT2D eigenvalue weighted by Crippen LogP contribution is -2.52. The predicted octanol–water partition coefficient (Wildman–Crippen LogP) is 1.37. The van der Waals surface area contributed by atoms with Crippen molar-refractivity contribution in [1.29, 1.82) is 0 Å². The summed E-state index contributed by atoms with van der Waals surface area (Å²) in [7, 11) is 0. The van der Waals surface area contributed by atoms with Crippen molar-refractivity contribution in [3.8, 4) is 0 Å². The topological polar surface area (TPSA) is 24.1 Å². The van der Waals surface area contributed by atoms with Gasteiger partial charge in [0.25, 0.3) is 0 Å². The van der Waals surface area contributed by atoms with Crippen LogP contribution in [-0.4, -0.2) is 25.7 Å². The van der Waals surface area contributed by atoms with Gasteiger partial charge in [0.1, 0.15) is 0 Å². The first kappa shape index (κ1) is 9.47. The standard InChI is InChI=1S/C11H22N2/c1-9-2-4-10(5-3-9)11-8-12-6-7-13-11/h9-13H,2-8H2,1H3. The number of hydrogen-bond donors (Lipinski definition) is 2. The van der Waals surface area contributed by atoms with E-state index in [1.54, 1.807) is 0 Å². The third-order valence-corrected chi connectivity index (χ3v) is 3.70. The summed E-state index contributed by atoms with van der Waals surface area (Å²) >= 11 is 0. The molecule has 0 spiro atoms. The van der Waals surface area contributed by atoms with Crippen LogP contribution in [0.2, 0.25) is 0 Å². The van der Waals surface area contributed by atoms with Crippen molar-refractivity contribution >= 4 is 0 Å². The van der Waals surface area contributed by atoms with Gasteiger partial charge in [0.05, 0.1) is 0 Å². The highest BCUT2D eigenvalue weighted by atomic mass is 15.1. The molecule has 2 aliphatic rings. The molecule has 76 valence electrons. The lowest BCUT2D eigenvalue weighted by molar-refractivity contribution is 0.214. The third-order valence-electron chi connectivity index (χ3n) is 3.70. The van der Waals surface area contributed by atoms with Gasteiger partial charge in [0.15, 0.2) is 0 Å². The molecule has 2 rings (SSSR count). The first-order valence-corrected chi connectivity index (χ1v) is 5.80. The largest absolute Gasteiger partial charge is 0.314 e. The molecule has 0 aromatic rings. The van der Waals surface area contributed by atoms with Crippen molar-refractivity contribution in [3.63, 3.8) is 0 Å². The SMILES string of the molecule is CC1CCC(C2CNCCN2)CC1. The Labute approximate surface area is 81.5 Å².